The minimum Gasteiger partial charge on any atom is -0.497 e. The SMILES string of the molecule is CCC(CC)NC(=O)COc1ccc(OC)cc1CO. The number of ether oxygens (including phenoxy) is 2. The molecular formula is C15H23NO4. The predicted molar refractivity (Wildman–Crippen MR) is 76.9 cm³/mol. The summed E-state index contributed by atoms with van der Waals surface area (Å²) in [4.78, 5) is 11.7. The maximum atomic E-state index is 11.7. The minimum absolute atomic E-state index is 0.0597. The molecule has 1 amide bonds. The van der Waals surface area contributed by atoms with Crippen LogP contribution in [-0.2, 0) is 11.4 Å². The molecule has 0 saturated heterocycles. The third kappa shape index (κ3) is 4.74. The van der Waals surface area contributed by atoms with E-state index in [0.717, 1.165) is 12.8 Å². The van der Waals surface area contributed by atoms with Gasteiger partial charge in [0.1, 0.15) is 11.5 Å². The largest absolute Gasteiger partial charge is 0.497 e. The summed E-state index contributed by atoms with van der Waals surface area (Å²) < 4.78 is 10.5. The molecular weight excluding hydrogens is 258 g/mol. The van der Waals surface area contributed by atoms with Gasteiger partial charge in [-0.25, -0.2) is 0 Å². The lowest BCUT2D eigenvalue weighted by atomic mass is 10.2. The molecule has 2 N–H and O–H groups in total. The van der Waals surface area contributed by atoms with Crippen LogP contribution in [0.1, 0.15) is 32.3 Å². The number of methoxy groups -OCH3 is 1. The molecule has 0 radical (unpaired) electrons. The van der Waals surface area contributed by atoms with Crippen LogP contribution < -0.4 is 14.8 Å². The Morgan fingerprint density at radius 2 is 2.05 bits per heavy atom. The maximum absolute atomic E-state index is 11.7. The molecule has 0 spiro atoms. The van der Waals surface area contributed by atoms with Gasteiger partial charge in [-0.05, 0) is 31.0 Å². The van der Waals surface area contributed by atoms with Crippen molar-refractivity contribution in [3.05, 3.63) is 23.8 Å². The first kappa shape index (κ1) is 16.3. The lowest BCUT2D eigenvalue weighted by Gasteiger charge is -2.16. The molecule has 5 heteroatoms. The quantitative estimate of drug-likeness (QED) is 0.763. The number of benzene rings is 1. The second-order valence-corrected chi connectivity index (χ2v) is 4.50. The Bertz CT molecular complexity index is 430. The van der Waals surface area contributed by atoms with E-state index in [0.29, 0.717) is 17.1 Å². The van der Waals surface area contributed by atoms with Gasteiger partial charge in [0.15, 0.2) is 6.61 Å². The molecule has 0 saturated carbocycles. The smallest absolute Gasteiger partial charge is 0.258 e. The van der Waals surface area contributed by atoms with Crippen molar-refractivity contribution in [1.29, 1.82) is 0 Å². The van der Waals surface area contributed by atoms with Crippen molar-refractivity contribution >= 4 is 5.91 Å². The Morgan fingerprint density at radius 3 is 2.60 bits per heavy atom. The first-order chi connectivity index (χ1) is 9.64. The zero-order valence-electron chi connectivity index (χ0n) is 12.3. The number of rotatable bonds is 8. The molecule has 0 unspecified atom stereocenters. The van der Waals surface area contributed by atoms with Crippen LogP contribution in [0.25, 0.3) is 0 Å². The van der Waals surface area contributed by atoms with Crippen molar-refractivity contribution in [2.45, 2.75) is 39.3 Å². The number of hydrogen-bond donors (Lipinski definition) is 2. The Labute approximate surface area is 119 Å². The van der Waals surface area contributed by atoms with Crippen molar-refractivity contribution in [2.24, 2.45) is 0 Å². The number of hydrogen-bond acceptors (Lipinski definition) is 4. The topological polar surface area (TPSA) is 67.8 Å². The van der Waals surface area contributed by atoms with Crippen molar-refractivity contribution in [3.8, 4) is 11.5 Å². The van der Waals surface area contributed by atoms with Gasteiger partial charge in [0.05, 0.1) is 13.7 Å². The minimum atomic E-state index is -0.166. The van der Waals surface area contributed by atoms with E-state index in [1.165, 1.54) is 0 Å². The van der Waals surface area contributed by atoms with Crippen molar-refractivity contribution in [2.75, 3.05) is 13.7 Å². The standard InChI is InChI=1S/C15H23NO4/c1-4-12(5-2)16-15(18)10-20-14-7-6-13(19-3)8-11(14)9-17/h6-8,12,17H,4-5,9-10H2,1-3H3,(H,16,18). The first-order valence-corrected chi connectivity index (χ1v) is 6.84. The highest BCUT2D eigenvalue weighted by Crippen LogP contribution is 2.24. The van der Waals surface area contributed by atoms with E-state index >= 15 is 0 Å². The van der Waals surface area contributed by atoms with E-state index in [-0.39, 0.29) is 25.2 Å². The predicted octanol–water partition coefficient (Wildman–Crippen LogP) is 1.87. The summed E-state index contributed by atoms with van der Waals surface area (Å²) in [6.07, 6.45) is 1.79. The van der Waals surface area contributed by atoms with Crippen LogP contribution in [0, 0.1) is 0 Å². The van der Waals surface area contributed by atoms with Gasteiger partial charge in [-0.3, -0.25) is 4.79 Å². The van der Waals surface area contributed by atoms with E-state index in [9.17, 15) is 9.90 Å². The number of aliphatic hydroxyl groups excluding tert-OH is 1. The van der Waals surface area contributed by atoms with Crippen LogP contribution in [0.2, 0.25) is 0 Å². The zero-order valence-corrected chi connectivity index (χ0v) is 12.3. The number of carbonyl (C=O) groups is 1. The molecule has 0 aliphatic heterocycles. The third-order valence-corrected chi connectivity index (χ3v) is 3.15. The Hall–Kier alpha value is -1.75. The maximum Gasteiger partial charge on any atom is 0.258 e. The van der Waals surface area contributed by atoms with Crippen LogP contribution >= 0.6 is 0 Å². The summed E-state index contributed by atoms with van der Waals surface area (Å²) in [5.41, 5.74) is 0.597. The number of carbonyl (C=O) groups excluding carboxylic acids is 1. The summed E-state index contributed by atoms with van der Waals surface area (Å²) in [6, 6.07) is 5.29. The monoisotopic (exact) mass is 281 g/mol. The van der Waals surface area contributed by atoms with Gasteiger partial charge in [0.2, 0.25) is 0 Å². The summed E-state index contributed by atoms with van der Waals surface area (Å²) in [5.74, 6) is 0.981. The van der Waals surface area contributed by atoms with Crippen LogP contribution in [0.5, 0.6) is 11.5 Å². The molecule has 0 fully saturated rings. The van der Waals surface area contributed by atoms with Crippen molar-refractivity contribution in [3.63, 3.8) is 0 Å². The highest BCUT2D eigenvalue weighted by atomic mass is 16.5. The summed E-state index contributed by atoms with van der Waals surface area (Å²) >= 11 is 0. The van der Waals surface area contributed by atoms with Gasteiger partial charge in [0, 0.05) is 11.6 Å². The number of amides is 1. The fourth-order valence-corrected chi connectivity index (χ4v) is 1.85. The van der Waals surface area contributed by atoms with Gasteiger partial charge < -0.3 is 19.9 Å². The Balaban J connectivity index is 2.58. The van der Waals surface area contributed by atoms with Gasteiger partial charge in [-0.1, -0.05) is 13.8 Å². The second-order valence-electron chi connectivity index (χ2n) is 4.50. The van der Waals surface area contributed by atoms with Crippen molar-refractivity contribution in [1.82, 2.24) is 5.32 Å². The molecule has 0 atom stereocenters. The molecule has 5 nitrogen and oxygen atoms in total. The molecule has 0 aliphatic rings. The van der Waals surface area contributed by atoms with Crippen LogP contribution in [-0.4, -0.2) is 30.8 Å². The lowest BCUT2D eigenvalue weighted by molar-refractivity contribution is -0.123. The lowest BCUT2D eigenvalue weighted by Crippen LogP contribution is -2.37. The van der Waals surface area contributed by atoms with Gasteiger partial charge in [-0.15, -0.1) is 0 Å². The molecule has 112 valence electrons. The number of aliphatic hydroxyl groups is 1. The van der Waals surface area contributed by atoms with E-state index in [4.69, 9.17) is 9.47 Å². The first-order valence-electron chi connectivity index (χ1n) is 6.84. The van der Waals surface area contributed by atoms with Crippen LogP contribution in [0.3, 0.4) is 0 Å². The van der Waals surface area contributed by atoms with Gasteiger partial charge in [0.25, 0.3) is 5.91 Å². The summed E-state index contributed by atoms with van der Waals surface area (Å²) in [7, 11) is 1.56. The molecule has 1 aromatic rings. The highest BCUT2D eigenvalue weighted by molar-refractivity contribution is 5.77. The molecule has 1 aromatic carbocycles. The molecule has 0 heterocycles. The van der Waals surface area contributed by atoms with E-state index in [2.05, 4.69) is 5.32 Å². The second kappa shape index (κ2) is 8.43. The average Bonchev–Trinajstić information content (AvgIpc) is 2.50. The average molecular weight is 281 g/mol. The third-order valence-electron chi connectivity index (χ3n) is 3.15. The van der Waals surface area contributed by atoms with Crippen LogP contribution in [0.4, 0.5) is 0 Å². The van der Waals surface area contributed by atoms with E-state index in [1.807, 2.05) is 13.8 Å². The van der Waals surface area contributed by atoms with Crippen molar-refractivity contribution < 1.29 is 19.4 Å². The molecule has 20 heavy (non-hydrogen) atoms. The van der Waals surface area contributed by atoms with E-state index in [1.54, 1.807) is 25.3 Å². The molecule has 0 bridgehead atoms. The zero-order chi connectivity index (χ0) is 15.0. The highest BCUT2D eigenvalue weighted by Gasteiger charge is 2.11. The van der Waals surface area contributed by atoms with Gasteiger partial charge >= 0.3 is 0 Å². The Kier molecular flexibility index (Phi) is 6.87. The Morgan fingerprint density at radius 1 is 1.35 bits per heavy atom. The normalized spacial score (nSPS) is 10.4. The van der Waals surface area contributed by atoms with E-state index < -0.39 is 0 Å². The molecule has 0 aromatic heterocycles. The summed E-state index contributed by atoms with van der Waals surface area (Å²) in [6.45, 7) is 3.84. The van der Waals surface area contributed by atoms with Gasteiger partial charge in [-0.2, -0.15) is 0 Å². The fourth-order valence-electron chi connectivity index (χ4n) is 1.85. The number of nitrogens with one attached hydrogen (secondary N) is 1. The van der Waals surface area contributed by atoms with Crippen LogP contribution in [0.15, 0.2) is 18.2 Å². The molecule has 1 rings (SSSR count). The molecule has 0 aliphatic carbocycles. The fraction of sp³-hybridized carbons (Fsp3) is 0.533. The summed E-state index contributed by atoms with van der Waals surface area (Å²) in [5, 5.41) is 12.2.